The molecular weight excluding hydrogens is 442 g/mol. The molecule has 1 saturated heterocycles. The van der Waals surface area contributed by atoms with Gasteiger partial charge in [0.1, 0.15) is 4.32 Å². The molecule has 160 valence electrons. The summed E-state index contributed by atoms with van der Waals surface area (Å²) in [6.07, 6.45) is 3.37. The maximum absolute atomic E-state index is 12.9. The molecule has 1 fully saturated rings. The van der Waals surface area contributed by atoms with E-state index in [1.54, 1.807) is 36.4 Å². The van der Waals surface area contributed by atoms with Crippen molar-refractivity contribution in [3.8, 4) is 11.5 Å². The molecule has 1 heterocycles. The number of nitrogens with zero attached hydrogens (tertiary/aromatic N) is 1. The van der Waals surface area contributed by atoms with Gasteiger partial charge in [-0.25, -0.2) is 4.79 Å². The van der Waals surface area contributed by atoms with Crippen LogP contribution < -0.4 is 9.47 Å². The molecule has 1 aliphatic rings. The van der Waals surface area contributed by atoms with E-state index >= 15 is 0 Å². The monoisotopic (exact) mass is 461 g/mol. The summed E-state index contributed by atoms with van der Waals surface area (Å²) in [5, 5.41) is 1.77. The minimum Gasteiger partial charge on any atom is -0.493 e. The molecule has 32 heavy (non-hydrogen) atoms. The van der Waals surface area contributed by atoms with Gasteiger partial charge in [-0.15, -0.1) is 6.58 Å². The van der Waals surface area contributed by atoms with Crippen LogP contribution >= 0.6 is 24.0 Å². The van der Waals surface area contributed by atoms with Gasteiger partial charge in [-0.05, 0) is 40.6 Å². The van der Waals surface area contributed by atoms with Crippen LogP contribution in [0.5, 0.6) is 11.5 Å². The van der Waals surface area contributed by atoms with Gasteiger partial charge in [0, 0.05) is 6.54 Å². The van der Waals surface area contributed by atoms with Gasteiger partial charge in [0.15, 0.2) is 11.5 Å². The van der Waals surface area contributed by atoms with E-state index in [-0.39, 0.29) is 5.91 Å². The van der Waals surface area contributed by atoms with E-state index < -0.39 is 5.97 Å². The maximum Gasteiger partial charge on any atom is 0.344 e. The number of fused-ring (bicyclic) bond motifs is 1. The van der Waals surface area contributed by atoms with E-state index in [1.165, 1.54) is 23.8 Å². The summed E-state index contributed by atoms with van der Waals surface area (Å²) in [5.74, 6) is 0.0409. The Morgan fingerprint density at radius 1 is 1.12 bits per heavy atom. The number of carbonyl (C=O) groups excluding carboxylic acids is 2. The SMILES string of the molecule is C=CCN1C(=O)/C(=C\c2ccc(OC(=O)c3cccc4ccccc34)c(OC)c2)SC1=S. The van der Waals surface area contributed by atoms with Crippen molar-refractivity contribution < 1.29 is 19.1 Å². The van der Waals surface area contributed by atoms with E-state index in [9.17, 15) is 9.59 Å². The summed E-state index contributed by atoms with van der Waals surface area (Å²) in [6, 6.07) is 18.3. The molecule has 0 spiro atoms. The molecule has 5 nitrogen and oxygen atoms in total. The van der Waals surface area contributed by atoms with E-state index in [1.807, 2.05) is 36.4 Å². The Kier molecular flexibility index (Phi) is 6.39. The number of esters is 1. The van der Waals surface area contributed by atoms with Crippen LogP contribution in [0.15, 0.2) is 78.2 Å². The van der Waals surface area contributed by atoms with Crippen molar-refractivity contribution in [3.05, 3.63) is 89.4 Å². The van der Waals surface area contributed by atoms with Gasteiger partial charge >= 0.3 is 5.97 Å². The lowest BCUT2D eigenvalue weighted by Gasteiger charge is -2.11. The Morgan fingerprint density at radius 2 is 1.91 bits per heavy atom. The Labute approximate surface area is 195 Å². The second-order valence-electron chi connectivity index (χ2n) is 6.91. The fraction of sp³-hybridized carbons (Fsp3) is 0.0800. The zero-order valence-corrected chi connectivity index (χ0v) is 18.9. The van der Waals surface area contributed by atoms with Crippen molar-refractivity contribution in [2.75, 3.05) is 13.7 Å². The van der Waals surface area contributed by atoms with Crippen molar-refractivity contribution in [3.63, 3.8) is 0 Å². The molecule has 0 bridgehead atoms. The van der Waals surface area contributed by atoms with Gasteiger partial charge in [0.25, 0.3) is 5.91 Å². The van der Waals surface area contributed by atoms with Crippen LogP contribution in [-0.2, 0) is 4.79 Å². The van der Waals surface area contributed by atoms with Crippen LogP contribution in [0.25, 0.3) is 16.8 Å². The largest absolute Gasteiger partial charge is 0.493 e. The Bertz CT molecular complexity index is 1280. The summed E-state index contributed by atoms with van der Waals surface area (Å²) in [5.41, 5.74) is 1.20. The molecule has 0 atom stereocenters. The van der Waals surface area contributed by atoms with E-state index in [0.717, 1.165) is 16.3 Å². The van der Waals surface area contributed by atoms with E-state index in [2.05, 4.69) is 6.58 Å². The first-order valence-corrected chi connectivity index (χ1v) is 11.0. The molecule has 0 aromatic heterocycles. The summed E-state index contributed by atoms with van der Waals surface area (Å²) in [7, 11) is 1.50. The first-order chi connectivity index (χ1) is 15.5. The number of hydrogen-bond acceptors (Lipinski definition) is 6. The fourth-order valence-corrected chi connectivity index (χ4v) is 4.63. The highest BCUT2D eigenvalue weighted by Crippen LogP contribution is 2.35. The zero-order chi connectivity index (χ0) is 22.7. The molecule has 4 rings (SSSR count). The molecule has 0 aliphatic carbocycles. The molecule has 1 aliphatic heterocycles. The van der Waals surface area contributed by atoms with Crippen molar-refractivity contribution >= 4 is 57.0 Å². The molecule has 0 N–H and O–H groups in total. The topological polar surface area (TPSA) is 55.8 Å². The van der Waals surface area contributed by atoms with Crippen molar-refractivity contribution in [1.82, 2.24) is 4.90 Å². The van der Waals surface area contributed by atoms with Crippen molar-refractivity contribution in [1.29, 1.82) is 0 Å². The standard InChI is InChI=1S/C25H19NO4S2/c1-3-13-26-23(27)22(32-25(26)31)15-16-11-12-20(21(14-16)29-2)30-24(28)19-10-6-8-17-7-4-5-9-18(17)19/h3-12,14-15H,1,13H2,2H3/b22-15+. The number of carbonyl (C=O) groups is 2. The van der Waals surface area contributed by atoms with Gasteiger partial charge in [0.2, 0.25) is 0 Å². The summed E-state index contributed by atoms with van der Waals surface area (Å²) in [6.45, 7) is 4.03. The predicted molar refractivity (Wildman–Crippen MR) is 132 cm³/mol. The third-order valence-corrected chi connectivity index (χ3v) is 6.26. The van der Waals surface area contributed by atoms with Gasteiger partial charge in [-0.2, -0.15) is 0 Å². The lowest BCUT2D eigenvalue weighted by molar-refractivity contribution is -0.121. The molecule has 0 saturated carbocycles. The lowest BCUT2D eigenvalue weighted by atomic mass is 10.0. The third-order valence-electron chi connectivity index (χ3n) is 4.88. The first kappa shape index (κ1) is 21.8. The average Bonchev–Trinajstić information content (AvgIpc) is 3.07. The smallest absolute Gasteiger partial charge is 0.344 e. The number of thioether (sulfide) groups is 1. The highest BCUT2D eigenvalue weighted by atomic mass is 32.2. The number of thiocarbonyl (C=S) groups is 1. The van der Waals surface area contributed by atoms with Gasteiger partial charge in [0.05, 0.1) is 17.6 Å². The first-order valence-electron chi connectivity index (χ1n) is 9.76. The summed E-state index contributed by atoms with van der Waals surface area (Å²) in [4.78, 5) is 27.4. The highest BCUT2D eigenvalue weighted by molar-refractivity contribution is 8.26. The number of benzene rings is 3. The second-order valence-corrected chi connectivity index (χ2v) is 8.58. The minimum absolute atomic E-state index is 0.162. The Balaban J connectivity index is 1.59. The predicted octanol–water partition coefficient (Wildman–Crippen LogP) is 5.45. The quantitative estimate of drug-likeness (QED) is 0.160. The van der Waals surface area contributed by atoms with Crippen LogP contribution in [0.3, 0.4) is 0 Å². The van der Waals surface area contributed by atoms with Gasteiger partial charge in [-0.1, -0.05) is 72.5 Å². The fourth-order valence-electron chi connectivity index (χ4n) is 3.35. The molecule has 0 radical (unpaired) electrons. The van der Waals surface area contributed by atoms with Crippen LogP contribution in [0, 0.1) is 0 Å². The average molecular weight is 462 g/mol. The highest BCUT2D eigenvalue weighted by Gasteiger charge is 2.31. The number of hydrogen-bond donors (Lipinski definition) is 0. The van der Waals surface area contributed by atoms with Crippen LogP contribution in [0.1, 0.15) is 15.9 Å². The third kappa shape index (κ3) is 4.30. The number of methoxy groups -OCH3 is 1. The molecule has 7 heteroatoms. The number of ether oxygens (including phenoxy) is 2. The molecule has 3 aromatic carbocycles. The van der Waals surface area contributed by atoms with Crippen molar-refractivity contribution in [2.24, 2.45) is 0 Å². The minimum atomic E-state index is -0.474. The summed E-state index contributed by atoms with van der Waals surface area (Å²) >= 11 is 6.51. The lowest BCUT2D eigenvalue weighted by Crippen LogP contribution is -2.27. The van der Waals surface area contributed by atoms with Crippen LogP contribution in [0.2, 0.25) is 0 Å². The van der Waals surface area contributed by atoms with Crippen LogP contribution in [0.4, 0.5) is 0 Å². The molecule has 0 unspecified atom stereocenters. The number of amides is 1. The number of rotatable bonds is 6. The molecule has 3 aromatic rings. The Hall–Kier alpha value is -3.42. The molecular formula is C25H19NO4S2. The normalized spacial score (nSPS) is 14.8. The van der Waals surface area contributed by atoms with E-state index in [4.69, 9.17) is 21.7 Å². The summed E-state index contributed by atoms with van der Waals surface area (Å²) < 4.78 is 11.6. The van der Waals surface area contributed by atoms with Crippen LogP contribution in [-0.4, -0.2) is 34.8 Å². The maximum atomic E-state index is 12.9. The zero-order valence-electron chi connectivity index (χ0n) is 17.2. The van der Waals surface area contributed by atoms with Crippen molar-refractivity contribution in [2.45, 2.75) is 0 Å². The second kappa shape index (κ2) is 9.38. The van der Waals surface area contributed by atoms with Gasteiger partial charge in [-0.3, -0.25) is 9.69 Å². The Morgan fingerprint density at radius 3 is 2.69 bits per heavy atom. The molecule has 1 amide bonds. The van der Waals surface area contributed by atoms with E-state index in [0.29, 0.717) is 32.8 Å². The van der Waals surface area contributed by atoms with Gasteiger partial charge < -0.3 is 9.47 Å².